The van der Waals surface area contributed by atoms with Gasteiger partial charge in [-0.15, -0.1) is 0 Å². The van der Waals surface area contributed by atoms with E-state index < -0.39 is 5.63 Å². The van der Waals surface area contributed by atoms with E-state index in [-0.39, 0.29) is 23.2 Å². The Kier molecular flexibility index (Phi) is 8.49. The summed E-state index contributed by atoms with van der Waals surface area (Å²) >= 11 is 0. The van der Waals surface area contributed by atoms with Gasteiger partial charge in [0.25, 0.3) is 0 Å². The summed E-state index contributed by atoms with van der Waals surface area (Å²) in [6.07, 6.45) is 9.49. The largest absolute Gasteiger partial charge is 0.508 e. The summed E-state index contributed by atoms with van der Waals surface area (Å²) in [6, 6.07) is 4.62. The highest BCUT2D eigenvalue weighted by atomic mass is 16.5. The molecule has 0 unspecified atom stereocenters. The Morgan fingerprint density at radius 2 is 1.67 bits per heavy atom. The molecule has 0 aliphatic heterocycles. The number of phenols is 1. The summed E-state index contributed by atoms with van der Waals surface area (Å²) in [7, 11) is 0. The van der Waals surface area contributed by atoms with E-state index in [0.29, 0.717) is 17.7 Å². The molecule has 0 spiro atoms. The third kappa shape index (κ3) is 6.49. The summed E-state index contributed by atoms with van der Waals surface area (Å²) in [5, 5.41) is 10.2. The number of benzene rings is 1. The molecule has 0 radical (unpaired) electrons. The Bertz CT molecular complexity index is 763. The van der Waals surface area contributed by atoms with Crippen LogP contribution in [-0.4, -0.2) is 17.8 Å². The second kappa shape index (κ2) is 10.9. The number of ether oxygens (including phenoxy) is 2. The van der Waals surface area contributed by atoms with Crippen LogP contribution in [0.4, 0.5) is 0 Å². The van der Waals surface area contributed by atoms with Crippen LogP contribution in [0.2, 0.25) is 0 Å². The van der Waals surface area contributed by atoms with Crippen molar-refractivity contribution in [3.63, 3.8) is 0 Å². The maximum Gasteiger partial charge on any atom is 0.383 e. The Balaban J connectivity index is 1.99. The minimum absolute atomic E-state index is 0.0359. The molecule has 0 saturated heterocycles. The van der Waals surface area contributed by atoms with E-state index in [2.05, 4.69) is 6.92 Å². The standard InChI is InChI=1S/C22H32O5/c1-4-5-6-7-8-9-10-11-14-25-21-20(26-16(2)3)18-13-12-17(23)15-19(18)27-22(21)24/h12-13,15-16,23H,4-11,14H2,1-3H3. The molecule has 5 heteroatoms. The van der Waals surface area contributed by atoms with Gasteiger partial charge in [0.1, 0.15) is 11.3 Å². The van der Waals surface area contributed by atoms with Gasteiger partial charge < -0.3 is 19.0 Å². The second-order valence-electron chi connectivity index (χ2n) is 7.22. The van der Waals surface area contributed by atoms with Gasteiger partial charge in [-0.1, -0.05) is 51.9 Å². The van der Waals surface area contributed by atoms with Crippen molar-refractivity contribution < 1.29 is 19.0 Å². The quantitative estimate of drug-likeness (QED) is 0.374. The summed E-state index contributed by atoms with van der Waals surface area (Å²) in [5.74, 6) is 0.536. The third-order valence-electron chi connectivity index (χ3n) is 4.40. The molecule has 2 rings (SSSR count). The second-order valence-corrected chi connectivity index (χ2v) is 7.22. The fourth-order valence-corrected chi connectivity index (χ4v) is 3.03. The minimum Gasteiger partial charge on any atom is -0.508 e. The first-order chi connectivity index (χ1) is 13.0. The first kappa shape index (κ1) is 21.1. The highest BCUT2D eigenvalue weighted by molar-refractivity contribution is 5.86. The molecule has 0 saturated carbocycles. The van der Waals surface area contributed by atoms with Crippen LogP contribution in [0.1, 0.15) is 72.1 Å². The fourth-order valence-electron chi connectivity index (χ4n) is 3.03. The predicted molar refractivity (Wildman–Crippen MR) is 108 cm³/mol. The number of aromatic hydroxyl groups is 1. The van der Waals surface area contributed by atoms with E-state index in [0.717, 1.165) is 12.8 Å². The van der Waals surface area contributed by atoms with E-state index in [1.165, 1.54) is 50.7 Å². The van der Waals surface area contributed by atoms with E-state index >= 15 is 0 Å². The maximum absolute atomic E-state index is 12.4. The predicted octanol–water partition coefficient (Wildman–Crippen LogP) is 5.81. The van der Waals surface area contributed by atoms with Gasteiger partial charge in [-0.3, -0.25) is 0 Å². The highest BCUT2D eigenvalue weighted by Crippen LogP contribution is 2.35. The molecule has 0 bridgehead atoms. The molecule has 0 aliphatic carbocycles. The number of rotatable bonds is 12. The molecule has 0 aliphatic rings. The van der Waals surface area contributed by atoms with Crippen LogP contribution in [0.15, 0.2) is 27.4 Å². The molecule has 1 aromatic heterocycles. The van der Waals surface area contributed by atoms with Gasteiger partial charge in [-0.2, -0.15) is 0 Å². The zero-order valence-electron chi connectivity index (χ0n) is 16.8. The zero-order chi connectivity index (χ0) is 19.6. The average Bonchev–Trinajstić information content (AvgIpc) is 2.61. The van der Waals surface area contributed by atoms with E-state index in [1.54, 1.807) is 6.07 Å². The van der Waals surface area contributed by atoms with Gasteiger partial charge in [0.15, 0.2) is 5.75 Å². The molecule has 0 amide bonds. The first-order valence-corrected chi connectivity index (χ1v) is 10.1. The molecule has 150 valence electrons. The smallest absolute Gasteiger partial charge is 0.383 e. The Morgan fingerprint density at radius 1 is 1.00 bits per heavy atom. The summed E-state index contributed by atoms with van der Waals surface area (Å²) in [6.45, 7) is 6.46. The number of fused-ring (bicyclic) bond motifs is 1. The lowest BCUT2D eigenvalue weighted by Gasteiger charge is -2.16. The van der Waals surface area contributed by atoms with E-state index in [9.17, 15) is 9.90 Å². The number of hydrogen-bond acceptors (Lipinski definition) is 5. The molecule has 1 aromatic carbocycles. The van der Waals surface area contributed by atoms with Crippen molar-refractivity contribution in [1.29, 1.82) is 0 Å². The maximum atomic E-state index is 12.4. The number of hydrogen-bond donors (Lipinski definition) is 1. The SMILES string of the molecule is CCCCCCCCCCOc1c(OC(C)C)c2ccc(O)cc2oc1=O. The Morgan fingerprint density at radius 3 is 2.33 bits per heavy atom. The summed E-state index contributed by atoms with van der Waals surface area (Å²) in [5.41, 5.74) is -0.293. The van der Waals surface area contributed by atoms with Crippen molar-refractivity contribution in [3.8, 4) is 17.2 Å². The first-order valence-electron chi connectivity index (χ1n) is 10.1. The summed E-state index contributed by atoms with van der Waals surface area (Å²) < 4.78 is 16.9. The van der Waals surface area contributed by atoms with Crippen molar-refractivity contribution in [1.82, 2.24) is 0 Å². The molecule has 5 nitrogen and oxygen atoms in total. The van der Waals surface area contributed by atoms with Gasteiger partial charge >= 0.3 is 5.63 Å². The monoisotopic (exact) mass is 376 g/mol. The molecular formula is C22H32O5. The molecular weight excluding hydrogens is 344 g/mol. The molecule has 1 heterocycles. The molecule has 0 atom stereocenters. The molecule has 27 heavy (non-hydrogen) atoms. The average molecular weight is 376 g/mol. The lowest BCUT2D eigenvalue weighted by molar-refractivity contribution is 0.216. The van der Waals surface area contributed by atoms with Crippen molar-refractivity contribution >= 4 is 11.0 Å². The third-order valence-corrected chi connectivity index (χ3v) is 4.40. The molecule has 0 fully saturated rings. The van der Waals surface area contributed by atoms with Crippen molar-refractivity contribution in [2.45, 2.75) is 78.2 Å². The van der Waals surface area contributed by atoms with Crippen LogP contribution in [-0.2, 0) is 0 Å². The van der Waals surface area contributed by atoms with Gasteiger partial charge in [0.2, 0.25) is 5.75 Å². The lowest BCUT2D eigenvalue weighted by Crippen LogP contribution is -2.14. The van der Waals surface area contributed by atoms with Gasteiger partial charge in [0.05, 0.1) is 18.1 Å². The van der Waals surface area contributed by atoms with Crippen LogP contribution >= 0.6 is 0 Å². The van der Waals surface area contributed by atoms with E-state index in [4.69, 9.17) is 13.9 Å². The van der Waals surface area contributed by atoms with Crippen LogP contribution in [0, 0.1) is 0 Å². The van der Waals surface area contributed by atoms with Gasteiger partial charge in [-0.05, 0) is 32.4 Å². The topological polar surface area (TPSA) is 68.9 Å². The zero-order valence-corrected chi connectivity index (χ0v) is 16.8. The fraction of sp³-hybridized carbons (Fsp3) is 0.591. The van der Waals surface area contributed by atoms with Crippen molar-refractivity contribution in [2.24, 2.45) is 0 Å². The highest BCUT2D eigenvalue weighted by Gasteiger charge is 2.19. The normalized spacial score (nSPS) is 11.3. The summed E-state index contributed by atoms with van der Waals surface area (Å²) in [4.78, 5) is 12.4. The van der Waals surface area contributed by atoms with Gasteiger partial charge in [0, 0.05) is 6.07 Å². The van der Waals surface area contributed by atoms with E-state index in [1.807, 2.05) is 13.8 Å². The van der Waals surface area contributed by atoms with Crippen LogP contribution in [0.5, 0.6) is 17.2 Å². The molecule has 1 N–H and O–H groups in total. The number of phenolic OH excluding ortho intramolecular Hbond substituents is 1. The van der Waals surface area contributed by atoms with Crippen LogP contribution in [0.25, 0.3) is 11.0 Å². The Hall–Kier alpha value is -2.17. The minimum atomic E-state index is -0.580. The van der Waals surface area contributed by atoms with Crippen LogP contribution in [0.3, 0.4) is 0 Å². The Labute approximate surface area is 161 Å². The lowest BCUT2D eigenvalue weighted by atomic mass is 10.1. The van der Waals surface area contributed by atoms with Crippen molar-refractivity contribution in [2.75, 3.05) is 6.61 Å². The van der Waals surface area contributed by atoms with Crippen molar-refractivity contribution in [3.05, 3.63) is 28.6 Å². The number of unbranched alkanes of at least 4 members (excludes halogenated alkanes) is 7. The van der Waals surface area contributed by atoms with Crippen LogP contribution < -0.4 is 15.1 Å². The van der Waals surface area contributed by atoms with Gasteiger partial charge in [-0.25, -0.2) is 4.79 Å². The molecule has 2 aromatic rings.